The van der Waals surface area contributed by atoms with Gasteiger partial charge in [-0.15, -0.1) is 0 Å². The zero-order valence-electron chi connectivity index (χ0n) is 17.4. The van der Waals surface area contributed by atoms with E-state index in [1.807, 2.05) is 49.4 Å². The van der Waals surface area contributed by atoms with Crippen LogP contribution >= 0.6 is 15.9 Å². The highest BCUT2D eigenvalue weighted by Crippen LogP contribution is 2.21. The number of methoxy groups -OCH3 is 1. The molecule has 0 fully saturated rings. The number of aromatic nitrogens is 2. The molecule has 2 heterocycles. The highest BCUT2D eigenvalue weighted by Gasteiger charge is 2.25. The first-order valence-electron chi connectivity index (χ1n) is 9.99. The minimum Gasteiger partial charge on any atom is -0.497 e. The molecule has 0 atom stereocenters. The van der Waals surface area contributed by atoms with E-state index in [-0.39, 0.29) is 11.5 Å². The molecule has 2 N–H and O–H groups in total. The van der Waals surface area contributed by atoms with Crippen molar-refractivity contribution in [3.05, 3.63) is 85.2 Å². The number of halogens is 1. The fourth-order valence-electron chi connectivity index (χ4n) is 3.59. The van der Waals surface area contributed by atoms with E-state index in [0.29, 0.717) is 48.8 Å². The molecule has 0 saturated carbocycles. The number of nitrogens with one attached hydrogen (secondary N) is 2. The van der Waals surface area contributed by atoms with Crippen molar-refractivity contribution < 1.29 is 9.53 Å². The summed E-state index contributed by atoms with van der Waals surface area (Å²) >= 11 is 3.46. The van der Waals surface area contributed by atoms with Gasteiger partial charge in [0.15, 0.2) is 0 Å². The van der Waals surface area contributed by atoms with Gasteiger partial charge in [0.1, 0.15) is 5.75 Å². The van der Waals surface area contributed by atoms with Crippen LogP contribution in [0.4, 0.5) is 5.95 Å². The average molecular weight is 483 g/mol. The fourth-order valence-corrected chi connectivity index (χ4v) is 3.83. The first-order valence-corrected chi connectivity index (χ1v) is 10.8. The molecule has 3 aromatic rings. The quantitative estimate of drug-likeness (QED) is 0.579. The Hall–Kier alpha value is -3.13. The molecule has 0 aliphatic carbocycles. The Balaban J connectivity index is 1.50. The van der Waals surface area contributed by atoms with E-state index < -0.39 is 0 Å². The van der Waals surface area contributed by atoms with Crippen molar-refractivity contribution in [3.8, 4) is 5.75 Å². The summed E-state index contributed by atoms with van der Waals surface area (Å²) in [5.41, 5.74) is 3.78. The molecular formula is C23H23BrN4O3. The summed E-state index contributed by atoms with van der Waals surface area (Å²) in [6.45, 7) is 3.26. The molecule has 7 nitrogen and oxygen atoms in total. The Morgan fingerprint density at radius 1 is 1.26 bits per heavy atom. The van der Waals surface area contributed by atoms with Crippen LogP contribution in [0.25, 0.3) is 0 Å². The summed E-state index contributed by atoms with van der Waals surface area (Å²) in [6, 6.07) is 13.2. The van der Waals surface area contributed by atoms with E-state index in [1.165, 1.54) is 0 Å². The van der Waals surface area contributed by atoms with Crippen LogP contribution in [0, 0.1) is 6.92 Å². The van der Waals surface area contributed by atoms with E-state index in [4.69, 9.17) is 4.74 Å². The molecule has 0 radical (unpaired) electrons. The second-order valence-corrected chi connectivity index (χ2v) is 8.34. The lowest BCUT2D eigenvalue weighted by Crippen LogP contribution is -2.39. The Morgan fingerprint density at radius 3 is 2.74 bits per heavy atom. The summed E-state index contributed by atoms with van der Waals surface area (Å²) < 4.78 is 6.14. The number of hydrogen-bond donors (Lipinski definition) is 2. The van der Waals surface area contributed by atoms with Crippen LogP contribution < -0.4 is 15.6 Å². The highest BCUT2D eigenvalue weighted by molar-refractivity contribution is 9.10. The van der Waals surface area contributed by atoms with Gasteiger partial charge in [-0.2, -0.15) is 0 Å². The number of rotatable bonds is 5. The molecule has 160 valence electrons. The molecule has 0 bridgehead atoms. The van der Waals surface area contributed by atoms with Crippen LogP contribution in [-0.4, -0.2) is 34.4 Å². The third kappa shape index (κ3) is 4.64. The van der Waals surface area contributed by atoms with Crippen molar-refractivity contribution in [2.24, 2.45) is 0 Å². The van der Waals surface area contributed by atoms with Crippen molar-refractivity contribution in [2.75, 3.05) is 19.0 Å². The number of carbonyl (C=O) groups is 1. The maximum atomic E-state index is 13.0. The van der Waals surface area contributed by atoms with Gasteiger partial charge in [0.2, 0.25) is 5.95 Å². The van der Waals surface area contributed by atoms with Crippen LogP contribution in [0.5, 0.6) is 5.75 Å². The van der Waals surface area contributed by atoms with Gasteiger partial charge in [-0.1, -0.05) is 28.1 Å². The zero-order valence-corrected chi connectivity index (χ0v) is 19.0. The van der Waals surface area contributed by atoms with Crippen LogP contribution in [0.1, 0.15) is 32.7 Å². The fraction of sp³-hybridized carbons (Fsp3) is 0.261. The molecule has 8 heteroatoms. The molecule has 1 aliphatic heterocycles. The standard InChI is InChI=1S/C23H23BrN4O3/c1-14-11-16(5-8-19(14)24)22(30)28-10-9-18-20(13-28)26-23(27-21(18)29)25-12-15-3-6-17(31-2)7-4-15/h3-8,11H,9-10,12-13H2,1-2H3,(H2,25,26,27,29). The molecule has 1 aliphatic rings. The smallest absolute Gasteiger partial charge is 0.255 e. The maximum Gasteiger partial charge on any atom is 0.255 e. The second kappa shape index (κ2) is 8.93. The number of nitrogens with zero attached hydrogens (tertiary/aromatic N) is 2. The van der Waals surface area contributed by atoms with Gasteiger partial charge in [0, 0.05) is 28.7 Å². The molecule has 1 aromatic heterocycles. The predicted molar refractivity (Wildman–Crippen MR) is 123 cm³/mol. The topological polar surface area (TPSA) is 87.3 Å². The number of aryl methyl sites for hydroxylation is 1. The van der Waals surface area contributed by atoms with E-state index >= 15 is 0 Å². The number of amides is 1. The molecule has 2 aromatic carbocycles. The van der Waals surface area contributed by atoms with Gasteiger partial charge in [0.05, 0.1) is 19.3 Å². The third-order valence-electron chi connectivity index (χ3n) is 5.38. The van der Waals surface area contributed by atoms with Crippen LogP contribution in [-0.2, 0) is 19.5 Å². The van der Waals surface area contributed by atoms with Crippen LogP contribution in [0.15, 0.2) is 51.7 Å². The molecule has 1 amide bonds. The Bertz CT molecular complexity index is 1170. The molecule has 0 unspecified atom stereocenters. The van der Waals surface area contributed by atoms with Crippen LogP contribution in [0.3, 0.4) is 0 Å². The van der Waals surface area contributed by atoms with Crippen molar-refractivity contribution in [1.29, 1.82) is 0 Å². The van der Waals surface area contributed by atoms with Crippen LogP contribution in [0.2, 0.25) is 0 Å². The summed E-state index contributed by atoms with van der Waals surface area (Å²) in [7, 11) is 1.63. The number of carbonyl (C=O) groups excluding carboxylic acids is 1. The van der Waals surface area contributed by atoms with E-state index in [2.05, 4.69) is 31.2 Å². The predicted octanol–water partition coefficient (Wildman–Crippen LogP) is 3.66. The minimum absolute atomic E-state index is 0.0592. The Morgan fingerprint density at radius 2 is 2.03 bits per heavy atom. The van der Waals surface area contributed by atoms with Crippen molar-refractivity contribution >= 4 is 27.8 Å². The number of hydrogen-bond acceptors (Lipinski definition) is 5. The van der Waals surface area contributed by atoms with Crippen molar-refractivity contribution in [1.82, 2.24) is 14.9 Å². The van der Waals surface area contributed by atoms with Crippen molar-refractivity contribution in [3.63, 3.8) is 0 Å². The molecule has 0 saturated heterocycles. The number of fused-ring (bicyclic) bond motifs is 1. The van der Waals surface area contributed by atoms with Gasteiger partial charge >= 0.3 is 0 Å². The highest BCUT2D eigenvalue weighted by atomic mass is 79.9. The van der Waals surface area contributed by atoms with Gasteiger partial charge in [-0.25, -0.2) is 4.98 Å². The van der Waals surface area contributed by atoms with Gasteiger partial charge in [-0.05, 0) is 54.8 Å². The first kappa shape index (κ1) is 21.1. The minimum atomic E-state index is -0.159. The lowest BCUT2D eigenvalue weighted by Gasteiger charge is -2.28. The number of anilines is 1. The van der Waals surface area contributed by atoms with E-state index in [1.54, 1.807) is 12.0 Å². The third-order valence-corrected chi connectivity index (χ3v) is 6.27. The lowest BCUT2D eigenvalue weighted by atomic mass is 10.0. The van der Waals surface area contributed by atoms with Crippen molar-refractivity contribution in [2.45, 2.75) is 26.4 Å². The Labute approximate surface area is 188 Å². The number of H-pyrrole nitrogens is 1. The molecular weight excluding hydrogens is 460 g/mol. The van der Waals surface area contributed by atoms with E-state index in [9.17, 15) is 9.59 Å². The lowest BCUT2D eigenvalue weighted by molar-refractivity contribution is 0.0731. The summed E-state index contributed by atoms with van der Waals surface area (Å²) in [5, 5.41) is 3.16. The second-order valence-electron chi connectivity index (χ2n) is 7.48. The number of benzene rings is 2. The Kier molecular flexibility index (Phi) is 6.08. The first-order chi connectivity index (χ1) is 14.9. The van der Waals surface area contributed by atoms with Gasteiger partial charge in [0.25, 0.3) is 11.5 Å². The summed E-state index contributed by atoms with van der Waals surface area (Å²) in [5.74, 6) is 1.12. The average Bonchev–Trinajstić information content (AvgIpc) is 2.79. The van der Waals surface area contributed by atoms with Gasteiger partial charge < -0.3 is 15.0 Å². The number of ether oxygens (including phenoxy) is 1. The monoisotopic (exact) mass is 482 g/mol. The largest absolute Gasteiger partial charge is 0.497 e. The molecule has 4 rings (SSSR count). The van der Waals surface area contributed by atoms with Gasteiger partial charge in [-0.3, -0.25) is 14.6 Å². The summed E-state index contributed by atoms with van der Waals surface area (Å²) in [4.78, 5) is 34.7. The maximum absolute atomic E-state index is 13.0. The molecule has 31 heavy (non-hydrogen) atoms. The molecule has 0 spiro atoms. The zero-order chi connectivity index (χ0) is 22.0. The van der Waals surface area contributed by atoms with E-state index in [0.717, 1.165) is 21.3 Å². The number of aromatic amines is 1. The SMILES string of the molecule is COc1ccc(CNc2nc3c(c(=O)[nH]2)CCN(C(=O)c2ccc(Br)c(C)c2)C3)cc1. The normalized spacial score (nSPS) is 12.9. The summed E-state index contributed by atoms with van der Waals surface area (Å²) in [6.07, 6.45) is 0.484.